The van der Waals surface area contributed by atoms with Crippen molar-refractivity contribution < 1.29 is 19.1 Å². The average Bonchev–Trinajstić information content (AvgIpc) is 2.99. The van der Waals surface area contributed by atoms with Crippen LogP contribution in [0.3, 0.4) is 0 Å². The van der Waals surface area contributed by atoms with Gasteiger partial charge in [0, 0.05) is 30.9 Å². The van der Waals surface area contributed by atoms with Crippen LogP contribution < -0.4 is 20.5 Å². The number of hydrogen-bond donors (Lipinski definition) is 2. The average molecular weight is 410 g/mol. The number of nitrogens with one attached hydrogen (secondary N) is 1. The van der Waals surface area contributed by atoms with Gasteiger partial charge in [0.2, 0.25) is 11.8 Å². The van der Waals surface area contributed by atoms with E-state index in [2.05, 4.69) is 10.3 Å². The summed E-state index contributed by atoms with van der Waals surface area (Å²) in [6.07, 6.45) is 3.87. The quantitative estimate of drug-likeness (QED) is 0.777. The largest absolute Gasteiger partial charge is 0.490 e. The van der Waals surface area contributed by atoms with Crippen molar-refractivity contribution in [3.05, 3.63) is 48.3 Å². The highest BCUT2D eigenvalue weighted by molar-refractivity contribution is 5.93. The molecule has 0 saturated carbocycles. The van der Waals surface area contributed by atoms with Gasteiger partial charge in [-0.3, -0.25) is 19.5 Å². The topological polar surface area (TPSA) is 107 Å². The van der Waals surface area contributed by atoms with E-state index in [1.54, 1.807) is 24.4 Å². The first-order valence-corrected chi connectivity index (χ1v) is 10.2. The Morgan fingerprint density at radius 3 is 2.73 bits per heavy atom. The molecular formula is C22H26N4O4. The number of pyridine rings is 1. The Hall–Kier alpha value is -3.13. The minimum Gasteiger partial charge on any atom is -0.490 e. The molecule has 1 aromatic heterocycles. The first-order valence-electron chi connectivity index (χ1n) is 10.2. The molecule has 2 amide bonds. The number of likely N-dealkylation sites (tertiary alicyclic amines) is 1. The molecule has 2 aliphatic rings. The van der Waals surface area contributed by atoms with Gasteiger partial charge in [-0.15, -0.1) is 0 Å². The smallest absolute Gasteiger partial charge is 0.238 e. The summed E-state index contributed by atoms with van der Waals surface area (Å²) >= 11 is 0. The molecule has 0 aliphatic carbocycles. The molecule has 2 aliphatic heterocycles. The highest BCUT2D eigenvalue weighted by Crippen LogP contribution is 2.34. The van der Waals surface area contributed by atoms with Crippen LogP contribution in [0, 0.1) is 0 Å². The van der Waals surface area contributed by atoms with Crippen molar-refractivity contribution in [1.82, 2.24) is 9.88 Å². The lowest BCUT2D eigenvalue weighted by atomic mass is 9.76. The van der Waals surface area contributed by atoms with Gasteiger partial charge in [0.1, 0.15) is 5.41 Å². The minimum atomic E-state index is -0.880. The van der Waals surface area contributed by atoms with Gasteiger partial charge in [-0.05, 0) is 43.7 Å². The fourth-order valence-electron chi connectivity index (χ4n) is 4.11. The molecular weight excluding hydrogens is 384 g/mol. The van der Waals surface area contributed by atoms with Crippen LogP contribution in [0.1, 0.15) is 25.0 Å². The fourth-order valence-corrected chi connectivity index (χ4v) is 4.11. The number of rotatable bonds is 5. The number of nitrogens with zero attached hydrogens (tertiary/aromatic N) is 2. The SMILES string of the molecule is NC(=O)C1(c2ccccn2)CCCN(CC(=O)Nc2ccc3c(c2)OCCCO3)C1. The Bertz CT molecular complexity index is 921. The molecule has 8 nitrogen and oxygen atoms in total. The molecule has 1 saturated heterocycles. The second kappa shape index (κ2) is 8.71. The predicted molar refractivity (Wildman–Crippen MR) is 111 cm³/mol. The number of carbonyl (C=O) groups is 2. The lowest BCUT2D eigenvalue weighted by Gasteiger charge is -2.40. The van der Waals surface area contributed by atoms with Gasteiger partial charge in [-0.1, -0.05) is 6.07 Å². The van der Waals surface area contributed by atoms with Gasteiger partial charge >= 0.3 is 0 Å². The summed E-state index contributed by atoms with van der Waals surface area (Å²) in [6, 6.07) is 10.9. The highest BCUT2D eigenvalue weighted by atomic mass is 16.5. The van der Waals surface area contributed by atoms with E-state index >= 15 is 0 Å². The zero-order valence-corrected chi connectivity index (χ0v) is 16.8. The number of anilines is 1. The van der Waals surface area contributed by atoms with Crippen molar-refractivity contribution in [3.8, 4) is 11.5 Å². The second-order valence-electron chi connectivity index (χ2n) is 7.74. The molecule has 1 fully saturated rings. The third-order valence-corrected chi connectivity index (χ3v) is 5.60. The Morgan fingerprint density at radius 1 is 1.13 bits per heavy atom. The van der Waals surface area contributed by atoms with E-state index in [1.807, 2.05) is 23.1 Å². The van der Waals surface area contributed by atoms with Crippen molar-refractivity contribution in [2.24, 2.45) is 5.73 Å². The van der Waals surface area contributed by atoms with E-state index in [4.69, 9.17) is 15.2 Å². The molecule has 1 unspecified atom stereocenters. The second-order valence-corrected chi connectivity index (χ2v) is 7.74. The monoisotopic (exact) mass is 410 g/mol. The number of carbonyl (C=O) groups excluding carboxylic acids is 2. The number of ether oxygens (including phenoxy) is 2. The molecule has 0 spiro atoms. The third kappa shape index (κ3) is 4.23. The fraction of sp³-hybridized carbons (Fsp3) is 0.409. The van der Waals surface area contributed by atoms with E-state index in [-0.39, 0.29) is 12.5 Å². The molecule has 3 N–H and O–H groups in total. The van der Waals surface area contributed by atoms with Gasteiger partial charge in [-0.25, -0.2) is 0 Å². The molecule has 158 valence electrons. The maximum atomic E-state index is 12.7. The number of benzene rings is 1. The minimum absolute atomic E-state index is 0.161. The normalized spacial score (nSPS) is 21.5. The Morgan fingerprint density at radius 2 is 1.97 bits per heavy atom. The van der Waals surface area contributed by atoms with Crippen LogP contribution in [-0.4, -0.2) is 54.5 Å². The van der Waals surface area contributed by atoms with E-state index in [1.165, 1.54) is 0 Å². The van der Waals surface area contributed by atoms with Crippen LogP contribution in [0.5, 0.6) is 11.5 Å². The number of fused-ring (bicyclic) bond motifs is 1. The van der Waals surface area contributed by atoms with Gasteiger partial charge in [0.15, 0.2) is 11.5 Å². The van der Waals surface area contributed by atoms with Crippen LogP contribution in [-0.2, 0) is 15.0 Å². The van der Waals surface area contributed by atoms with E-state index < -0.39 is 11.3 Å². The molecule has 8 heteroatoms. The lowest BCUT2D eigenvalue weighted by Crippen LogP contribution is -2.55. The molecule has 1 aromatic carbocycles. The zero-order valence-electron chi connectivity index (χ0n) is 16.8. The number of primary amides is 1. The maximum absolute atomic E-state index is 12.7. The van der Waals surface area contributed by atoms with Crippen molar-refractivity contribution in [2.75, 3.05) is 38.2 Å². The predicted octanol–water partition coefficient (Wildman–Crippen LogP) is 1.70. The van der Waals surface area contributed by atoms with E-state index in [0.717, 1.165) is 19.4 Å². The van der Waals surface area contributed by atoms with E-state index in [9.17, 15) is 9.59 Å². The molecule has 1 atom stereocenters. The number of amides is 2. The lowest BCUT2D eigenvalue weighted by molar-refractivity contribution is -0.127. The van der Waals surface area contributed by atoms with Gasteiger partial charge < -0.3 is 20.5 Å². The van der Waals surface area contributed by atoms with Crippen LogP contribution in [0.15, 0.2) is 42.6 Å². The highest BCUT2D eigenvalue weighted by Gasteiger charge is 2.43. The van der Waals surface area contributed by atoms with Crippen molar-refractivity contribution in [3.63, 3.8) is 0 Å². The third-order valence-electron chi connectivity index (χ3n) is 5.60. The Kier molecular flexibility index (Phi) is 5.85. The summed E-state index contributed by atoms with van der Waals surface area (Å²) in [6.45, 7) is 2.45. The van der Waals surface area contributed by atoms with Crippen LogP contribution >= 0.6 is 0 Å². The van der Waals surface area contributed by atoms with Gasteiger partial charge in [0.25, 0.3) is 0 Å². The van der Waals surface area contributed by atoms with E-state index in [0.29, 0.717) is 49.1 Å². The summed E-state index contributed by atoms with van der Waals surface area (Å²) in [7, 11) is 0. The number of piperidine rings is 1. The standard InChI is InChI=1S/C22H26N4O4/c23-21(28)22(19-5-1-2-9-24-19)8-3-10-26(15-22)14-20(27)25-16-6-7-17-18(13-16)30-12-4-11-29-17/h1-2,5-7,9,13H,3-4,8,10-12,14-15H2,(H2,23,28)(H,25,27). The summed E-state index contributed by atoms with van der Waals surface area (Å²) < 4.78 is 11.3. The Labute approximate surface area is 175 Å². The van der Waals surface area contributed by atoms with Crippen LogP contribution in [0.2, 0.25) is 0 Å². The summed E-state index contributed by atoms with van der Waals surface area (Å²) in [5, 5.41) is 2.91. The van der Waals surface area contributed by atoms with Gasteiger partial charge in [-0.2, -0.15) is 0 Å². The molecule has 4 rings (SSSR count). The molecule has 0 bridgehead atoms. The number of nitrogens with two attached hydrogens (primary N) is 1. The molecule has 0 radical (unpaired) electrons. The molecule has 3 heterocycles. The first-order chi connectivity index (χ1) is 14.6. The van der Waals surface area contributed by atoms with Crippen molar-refractivity contribution in [2.45, 2.75) is 24.7 Å². The van der Waals surface area contributed by atoms with Gasteiger partial charge in [0.05, 0.1) is 25.5 Å². The summed E-state index contributed by atoms with van der Waals surface area (Å²) in [5.41, 5.74) is 6.22. The summed E-state index contributed by atoms with van der Waals surface area (Å²) in [4.78, 5) is 31.4. The number of hydrogen-bond acceptors (Lipinski definition) is 6. The van der Waals surface area contributed by atoms with Crippen molar-refractivity contribution >= 4 is 17.5 Å². The molecule has 30 heavy (non-hydrogen) atoms. The summed E-state index contributed by atoms with van der Waals surface area (Å²) in [5.74, 6) is 0.745. The van der Waals surface area contributed by atoms with Crippen molar-refractivity contribution in [1.29, 1.82) is 0 Å². The molecule has 2 aromatic rings. The number of aromatic nitrogens is 1. The Balaban J connectivity index is 1.43. The zero-order chi connectivity index (χ0) is 21.0. The maximum Gasteiger partial charge on any atom is 0.238 e. The van der Waals surface area contributed by atoms with Crippen LogP contribution in [0.25, 0.3) is 0 Å². The van der Waals surface area contributed by atoms with Crippen LogP contribution in [0.4, 0.5) is 5.69 Å². The first kappa shape index (κ1) is 20.2.